The van der Waals surface area contributed by atoms with E-state index in [1.807, 2.05) is 0 Å². The van der Waals surface area contributed by atoms with E-state index in [2.05, 4.69) is 0 Å². The molecule has 0 bridgehead atoms. The van der Waals surface area contributed by atoms with Gasteiger partial charge in [0.1, 0.15) is 29.8 Å². The molecule has 20 heavy (non-hydrogen) atoms. The summed E-state index contributed by atoms with van der Waals surface area (Å²) in [5.41, 5.74) is 6.62. The summed E-state index contributed by atoms with van der Waals surface area (Å²) < 4.78 is 23.9. The summed E-state index contributed by atoms with van der Waals surface area (Å²) in [7, 11) is 1.53. The van der Waals surface area contributed by atoms with E-state index in [1.165, 1.54) is 19.2 Å². The largest absolute Gasteiger partial charge is 0.496 e. The molecule has 0 atom stereocenters. The van der Waals surface area contributed by atoms with Crippen LogP contribution in [0.25, 0.3) is 0 Å². The first-order valence-corrected chi connectivity index (χ1v) is 6.00. The first-order chi connectivity index (χ1) is 9.60. The van der Waals surface area contributed by atoms with Crippen molar-refractivity contribution in [3.8, 4) is 11.5 Å². The Kier molecular flexibility index (Phi) is 4.20. The van der Waals surface area contributed by atoms with E-state index in [0.29, 0.717) is 22.6 Å². The van der Waals surface area contributed by atoms with Crippen molar-refractivity contribution >= 4 is 5.84 Å². The number of nitrogens with one attached hydrogen (secondary N) is 1. The third-order valence-electron chi connectivity index (χ3n) is 2.80. The van der Waals surface area contributed by atoms with Crippen LogP contribution in [0.3, 0.4) is 0 Å². The molecule has 2 aromatic carbocycles. The van der Waals surface area contributed by atoms with Crippen molar-refractivity contribution in [2.75, 3.05) is 7.11 Å². The van der Waals surface area contributed by atoms with Crippen LogP contribution in [-0.2, 0) is 6.61 Å². The van der Waals surface area contributed by atoms with E-state index in [4.69, 9.17) is 20.6 Å². The number of amidine groups is 1. The Morgan fingerprint density at radius 2 is 1.90 bits per heavy atom. The van der Waals surface area contributed by atoms with Gasteiger partial charge in [0.05, 0.1) is 7.11 Å². The number of rotatable bonds is 5. The lowest BCUT2D eigenvalue weighted by Gasteiger charge is -2.10. The van der Waals surface area contributed by atoms with E-state index in [0.717, 1.165) is 0 Å². The lowest BCUT2D eigenvalue weighted by Crippen LogP contribution is -2.10. The minimum atomic E-state index is -0.337. The second kappa shape index (κ2) is 6.06. The predicted molar refractivity (Wildman–Crippen MR) is 74.7 cm³/mol. The summed E-state index contributed by atoms with van der Waals surface area (Å²) in [5.74, 6) is 0.854. The highest BCUT2D eigenvalue weighted by Crippen LogP contribution is 2.21. The van der Waals surface area contributed by atoms with Crippen LogP contribution < -0.4 is 15.2 Å². The molecule has 0 aromatic heterocycles. The summed E-state index contributed by atoms with van der Waals surface area (Å²) in [6, 6.07) is 11.1. The monoisotopic (exact) mass is 274 g/mol. The molecule has 3 N–H and O–H groups in total. The zero-order valence-electron chi connectivity index (χ0n) is 11.0. The number of ether oxygens (including phenoxy) is 2. The van der Waals surface area contributed by atoms with Gasteiger partial charge in [0, 0.05) is 11.1 Å². The standard InChI is InChI=1S/C15H15FN2O2/c1-19-14-7-4-12(16)8-11(14)9-20-13-5-2-10(3-6-13)15(17)18/h2-8H,9H2,1H3,(H3,17,18). The van der Waals surface area contributed by atoms with Gasteiger partial charge in [-0.25, -0.2) is 4.39 Å². The molecule has 0 aliphatic heterocycles. The van der Waals surface area contributed by atoms with E-state index in [1.54, 1.807) is 30.3 Å². The van der Waals surface area contributed by atoms with Crippen molar-refractivity contribution in [3.63, 3.8) is 0 Å². The van der Waals surface area contributed by atoms with Crippen LogP contribution in [0, 0.1) is 11.2 Å². The minimum absolute atomic E-state index is 0.00310. The van der Waals surface area contributed by atoms with Crippen LogP contribution in [0.5, 0.6) is 11.5 Å². The molecule has 0 aliphatic carbocycles. The van der Waals surface area contributed by atoms with Gasteiger partial charge in [-0.15, -0.1) is 0 Å². The Morgan fingerprint density at radius 3 is 2.50 bits per heavy atom. The van der Waals surface area contributed by atoms with Gasteiger partial charge in [0.25, 0.3) is 0 Å². The smallest absolute Gasteiger partial charge is 0.125 e. The van der Waals surface area contributed by atoms with Gasteiger partial charge in [-0.1, -0.05) is 0 Å². The number of nitrogen functional groups attached to an aromatic ring is 1. The maximum Gasteiger partial charge on any atom is 0.125 e. The molecule has 0 saturated carbocycles. The summed E-state index contributed by atoms with van der Waals surface area (Å²) in [4.78, 5) is 0. The predicted octanol–water partition coefficient (Wildman–Crippen LogP) is 2.70. The van der Waals surface area contributed by atoms with Crippen molar-refractivity contribution < 1.29 is 13.9 Å². The van der Waals surface area contributed by atoms with Gasteiger partial charge >= 0.3 is 0 Å². The van der Waals surface area contributed by atoms with Crippen molar-refractivity contribution in [2.45, 2.75) is 6.61 Å². The van der Waals surface area contributed by atoms with Crippen molar-refractivity contribution in [1.82, 2.24) is 0 Å². The molecule has 2 rings (SSSR count). The fourth-order valence-corrected chi connectivity index (χ4v) is 1.75. The number of nitrogens with two attached hydrogens (primary N) is 1. The third kappa shape index (κ3) is 3.26. The zero-order chi connectivity index (χ0) is 14.5. The Bertz CT molecular complexity index is 612. The van der Waals surface area contributed by atoms with Crippen LogP contribution in [-0.4, -0.2) is 12.9 Å². The molecule has 0 fully saturated rings. The first kappa shape index (κ1) is 13.9. The van der Waals surface area contributed by atoms with Crippen molar-refractivity contribution in [1.29, 1.82) is 5.41 Å². The highest BCUT2D eigenvalue weighted by molar-refractivity contribution is 5.94. The molecule has 2 aromatic rings. The van der Waals surface area contributed by atoms with Gasteiger partial charge in [0.2, 0.25) is 0 Å². The lowest BCUT2D eigenvalue weighted by atomic mass is 10.2. The zero-order valence-corrected chi connectivity index (χ0v) is 11.0. The minimum Gasteiger partial charge on any atom is -0.496 e. The topological polar surface area (TPSA) is 68.3 Å². The number of benzene rings is 2. The van der Waals surface area contributed by atoms with Gasteiger partial charge < -0.3 is 15.2 Å². The molecular formula is C15H15FN2O2. The number of hydrogen-bond donors (Lipinski definition) is 2. The first-order valence-electron chi connectivity index (χ1n) is 6.00. The molecular weight excluding hydrogens is 259 g/mol. The average molecular weight is 274 g/mol. The Morgan fingerprint density at radius 1 is 1.20 bits per heavy atom. The lowest BCUT2D eigenvalue weighted by molar-refractivity contribution is 0.296. The molecule has 0 radical (unpaired) electrons. The van der Waals surface area contributed by atoms with Gasteiger partial charge in [0.15, 0.2) is 0 Å². The van der Waals surface area contributed by atoms with Crippen LogP contribution in [0.4, 0.5) is 4.39 Å². The van der Waals surface area contributed by atoms with Crippen LogP contribution in [0.1, 0.15) is 11.1 Å². The quantitative estimate of drug-likeness (QED) is 0.650. The number of halogens is 1. The average Bonchev–Trinajstić information content (AvgIpc) is 2.45. The maximum atomic E-state index is 13.2. The summed E-state index contributed by atoms with van der Waals surface area (Å²) in [6.07, 6.45) is 0. The van der Waals surface area contributed by atoms with Crippen LogP contribution in [0.15, 0.2) is 42.5 Å². The second-order valence-electron chi connectivity index (χ2n) is 4.18. The molecule has 0 spiro atoms. The van der Waals surface area contributed by atoms with Crippen LogP contribution in [0.2, 0.25) is 0 Å². The van der Waals surface area contributed by atoms with Gasteiger partial charge in [-0.3, -0.25) is 5.41 Å². The number of hydrogen-bond acceptors (Lipinski definition) is 3. The fourth-order valence-electron chi connectivity index (χ4n) is 1.75. The molecule has 5 heteroatoms. The summed E-state index contributed by atoms with van der Waals surface area (Å²) in [5, 5.41) is 7.30. The Hall–Kier alpha value is -2.56. The molecule has 0 amide bonds. The van der Waals surface area contributed by atoms with Gasteiger partial charge in [-0.2, -0.15) is 0 Å². The second-order valence-corrected chi connectivity index (χ2v) is 4.18. The van der Waals surface area contributed by atoms with Crippen molar-refractivity contribution in [3.05, 3.63) is 59.4 Å². The molecule has 0 unspecified atom stereocenters. The van der Waals surface area contributed by atoms with E-state index in [9.17, 15) is 4.39 Å². The number of methoxy groups -OCH3 is 1. The maximum absolute atomic E-state index is 13.2. The molecule has 4 nitrogen and oxygen atoms in total. The van der Waals surface area contributed by atoms with Crippen LogP contribution >= 0.6 is 0 Å². The Labute approximate surface area is 116 Å². The SMILES string of the molecule is COc1ccc(F)cc1COc1ccc(C(=N)N)cc1. The third-order valence-corrected chi connectivity index (χ3v) is 2.80. The fraction of sp³-hybridized carbons (Fsp3) is 0.133. The van der Waals surface area contributed by atoms with E-state index >= 15 is 0 Å². The molecule has 0 aliphatic rings. The summed E-state index contributed by atoms with van der Waals surface area (Å²) in [6.45, 7) is 0.195. The van der Waals surface area contributed by atoms with E-state index < -0.39 is 0 Å². The van der Waals surface area contributed by atoms with E-state index in [-0.39, 0.29) is 18.3 Å². The van der Waals surface area contributed by atoms with Gasteiger partial charge in [-0.05, 0) is 42.5 Å². The normalized spacial score (nSPS) is 10.1. The summed E-state index contributed by atoms with van der Waals surface area (Å²) >= 11 is 0. The highest BCUT2D eigenvalue weighted by Gasteiger charge is 2.06. The molecule has 104 valence electrons. The highest BCUT2D eigenvalue weighted by atomic mass is 19.1. The molecule has 0 heterocycles. The molecule has 0 saturated heterocycles. The Balaban J connectivity index is 2.08. The van der Waals surface area contributed by atoms with Crippen molar-refractivity contribution in [2.24, 2.45) is 5.73 Å².